The van der Waals surface area contributed by atoms with Crippen molar-refractivity contribution in [2.24, 2.45) is 5.92 Å². The Morgan fingerprint density at radius 2 is 1.90 bits per heavy atom. The minimum atomic E-state index is -3.42. The van der Waals surface area contributed by atoms with Crippen molar-refractivity contribution in [2.75, 3.05) is 36.7 Å². The van der Waals surface area contributed by atoms with Crippen molar-refractivity contribution in [1.29, 1.82) is 0 Å². The lowest BCUT2D eigenvalue weighted by atomic mass is 9.81. The third kappa shape index (κ3) is 4.27. The fourth-order valence-electron chi connectivity index (χ4n) is 5.47. The summed E-state index contributed by atoms with van der Waals surface area (Å²) in [4.78, 5) is 28.6. The third-order valence-corrected chi connectivity index (χ3v) is 8.26. The summed E-state index contributed by atoms with van der Waals surface area (Å²) in [6.45, 7) is 7.48. The van der Waals surface area contributed by atoms with Crippen LogP contribution in [0.2, 0.25) is 0 Å². The van der Waals surface area contributed by atoms with Gasteiger partial charge in [-0.25, -0.2) is 8.42 Å². The molecule has 2 fully saturated rings. The van der Waals surface area contributed by atoms with Crippen molar-refractivity contribution in [3.63, 3.8) is 0 Å². The number of hydrogen-bond acceptors (Lipinski definition) is 5. The fourth-order valence-corrected chi connectivity index (χ4v) is 6.62. The van der Waals surface area contributed by atoms with E-state index < -0.39 is 10.0 Å². The minimum Gasteiger partial charge on any atom is -0.343 e. The van der Waals surface area contributed by atoms with Crippen LogP contribution in [0.25, 0.3) is 0 Å². The highest BCUT2D eigenvalue weighted by Gasteiger charge is 2.39. The first-order valence-corrected chi connectivity index (χ1v) is 12.7. The van der Waals surface area contributed by atoms with Crippen LogP contribution in [0.5, 0.6) is 0 Å². The number of carbonyl (C=O) groups excluding carboxylic acids is 1. The molecule has 1 aromatic heterocycles. The van der Waals surface area contributed by atoms with E-state index in [-0.39, 0.29) is 23.1 Å². The minimum absolute atomic E-state index is 0.0543. The molecule has 8 nitrogen and oxygen atoms in total. The van der Waals surface area contributed by atoms with Gasteiger partial charge < -0.3 is 9.47 Å². The van der Waals surface area contributed by atoms with Gasteiger partial charge in [-0.05, 0) is 37.7 Å². The second-order valence-corrected chi connectivity index (χ2v) is 10.8. The zero-order valence-electron chi connectivity index (χ0n) is 17.8. The van der Waals surface area contributed by atoms with E-state index in [0.717, 1.165) is 51.1 Å². The summed E-state index contributed by atoms with van der Waals surface area (Å²) in [5.74, 6) is 0.736. The number of anilines is 1. The molecule has 2 saturated heterocycles. The summed E-state index contributed by atoms with van der Waals surface area (Å²) >= 11 is 0. The monoisotopic (exact) mass is 436 g/mol. The standard InChI is InChI=1S/C21H32N4O4S/c1-3-10-30(28,29)22-19-4-5-20(27)25-13-16-11-17(21(19)25)14-24(12-16)18-6-8-23(9-7-18)15(2)26/h4-5,16-18,22H,3,6-14H2,1-2H3/t16-,17+/m0/s1. The largest absolute Gasteiger partial charge is 0.343 e. The van der Waals surface area contributed by atoms with Crippen LogP contribution in [0, 0.1) is 5.92 Å². The van der Waals surface area contributed by atoms with Gasteiger partial charge >= 0.3 is 0 Å². The van der Waals surface area contributed by atoms with Crippen LogP contribution in [0.15, 0.2) is 16.9 Å². The smallest absolute Gasteiger partial charge is 0.250 e. The Balaban J connectivity index is 1.57. The Bertz CT molecular complexity index is 966. The predicted molar refractivity (Wildman–Crippen MR) is 116 cm³/mol. The molecule has 4 heterocycles. The third-order valence-electron chi connectivity index (χ3n) is 6.78. The molecule has 1 amide bonds. The lowest BCUT2D eigenvalue weighted by molar-refractivity contribution is -0.130. The SMILES string of the molecule is CCCS(=O)(=O)Nc1ccc(=O)n2c1[C@@H]1C[C@@H](CN(C3CCN(C(C)=O)CC3)C1)C2. The highest BCUT2D eigenvalue weighted by atomic mass is 32.2. The Kier molecular flexibility index (Phi) is 5.94. The van der Waals surface area contributed by atoms with Crippen LogP contribution in [0.4, 0.5) is 5.69 Å². The number of aromatic nitrogens is 1. The van der Waals surface area contributed by atoms with E-state index in [9.17, 15) is 18.0 Å². The second-order valence-electron chi connectivity index (χ2n) is 8.99. The van der Waals surface area contributed by atoms with Gasteiger partial charge in [0.25, 0.3) is 5.56 Å². The number of hydrogen-bond donors (Lipinski definition) is 1. The molecular formula is C21H32N4O4S. The van der Waals surface area contributed by atoms with Crippen LogP contribution in [-0.4, -0.2) is 66.7 Å². The average Bonchev–Trinajstić information content (AvgIpc) is 2.69. The zero-order valence-corrected chi connectivity index (χ0v) is 18.7. The van der Waals surface area contributed by atoms with E-state index in [4.69, 9.17) is 0 Å². The number of carbonyl (C=O) groups is 1. The maximum absolute atomic E-state index is 12.6. The van der Waals surface area contributed by atoms with Gasteiger partial charge in [0, 0.05) is 63.4 Å². The van der Waals surface area contributed by atoms with Gasteiger partial charge in [-0.2, -0.15) is 0 Å². The molecule has 0 saturated carbocycles. The van der Waals surface area contributed by atoms with Crippen LogP contribution < -0.4 is 10.3 Å². The number of fused-ring (bicyclic) bond motifs is 4. The van der Waals surface area contributed by atoms with Crippen LogP contribution in [-0.2, 0) is 21.4 Å². The van der Waals surface area contributed by atoms with E-state index in [1.165, 1.54) is 6.07 Å². The summed E-state index contributed by atoms with van der Waals surface area (Å²) < 4.78 is 29.3. The van der Waals surface area contributed by atoms with Crippen LogP contribution >= 0.6 is 0 Å². The number of sulfonamides is 1. The van der Waals surface area contributed by atoms with E-state index in [1.807, 2.05) is 11.8 Å². The molecule has 30 heavy (non-hydrogen) atoms. The Morgan fingerprint density at radius 3 is 2.57 bits per heavy atom. The van der Waals surface area contributed by atoms with E-state index in [0.29, 0.717) is 30.6 Å². The maximum Gasteiger partial charge on any atom is 0.250 e. The van der Waals surface area contributed by atoms with Crippen molar-refractivity contribution in [3.8, 4) is 0 Å². The molecule has 0 radical (unpaired) electrons. The first-order chi connectivity index (χ1) is 14.3. The van der Waals surface area contributed by atoms with E-state index >= 15 is 0 Å². The molecular weight excluding hydrogens is 404 g/mol. The Hall–Kier alpha value is -1.87. The lowest BCUT2D eigenvalue weighted by Crippen LogP contribution is -2.53. The number of amides is 1. The summed E-state index contributed by atoms with van der Waals surface area (Å²) in [6, 6.07) is 3.54. The van der Waals surface area contributed by atoms with Crippen molar-refractivity contribution >= 4 is 21.6 Å². The molecule has 3 aliphatic rings. The predicted octanol–water partition coefficient (Wildman–Crippen LogP) is 1.43. The first kappa shape index (κ1) is 21.4. The number of piperidine rings is 2. The molecule has 9 heteroatoms. The molecule has 0 aromatic carbocycles. The van der Waals surface area contributed by atoms with Gasteiger partial charge in [-0.1, -0.05) is 6.92 Å². The number of likely N-dealkylation sites (tertiary alicyclic amines) is 2. The lowest BCUT2D eigenvalue weighted by Gasteiger charge is -2.47. The molecule has 0 aliphatic carbocycles. The number of rotatable bonds is 5. The summed E-state index contributed by atoms with van der Waals surface area (Å²) in [5.41, 5.74) is 1.34. The average molecular weight is 437 g/mol. The van der Waals surface area contributed by atoms with E-state index in [2.05, 4.69) is 9.62 Å². The molecule has 1 aromatic rings. The van der Waals surface area contributed by atoms with E-state index in [1.54, 1.807) is 17.6 Å². The van der Waals surface area contributed by atoms with Gasteiger partial charge in [0.1, 0.15) is 0 Å². The highest BCUT2D eigenvalue weighted by molar-refractivity contribution is 7.92. The number of pyridine rings is 1. The van der Waals surface area contributed by atoms with Gasteiger partial charge in [0.2, 0.25) is 15.9 Å². The number of nitrogens with one attached hydrogen (secondary N) is 1. The van der Waals surface area contributed by atoms with Gasteiger partial charge in [-0.3, -0.25) is 19.2 Å². The highest BCUT2D eigenvalue weighted by Crippen LogP contribution is 2.40. The molecule has 0 spiro atoms. The Morgan fingerprint density at radius 1 is 1.17 bits per heavy atom. The quantitative estimate of drug-likeness (QED) is 0.754. The van der Waals surface area contributed by atoms with Gasteiger partial charge in [-0.15, -0.1) is 0 Å². The number of nitrogens with zero attached hydrogens (tertiary/aromatic N) is 3. The summed E-state index contributed by atoms with van der Waals surface area (Å²) in [7, 11) is -3.42. The molecule has 1 N–H and O–H groups in total. The van der Waals surface area contributed by atoms with Crippen molar-refractivity contribution < 1.29 is 13.2 Å². The first-order valence-electron chi connectivity index (χ1n) is 11.0. The molecule has 2 atom stereocenters. The summed E-state index contributed by atoms with van der Waals surface area (Å²) in [5, 5.41) is 0. The maximum atomic E-state index is 12.6. The molecule has 0 unspecified atom stereocenters. The van der Waals surface area contributed by atoms with Crippen molar-refractivity contribution in [2.45, 2.75) is 58.0 Å². The second kappa shape index (κ2) is 8.34. The molecule has 166 valence electrons. The normalized spacial score (nSPS) is 25.1. The molecule has 3 aliphatic heterocycles. The Labute approximate surface area is 178 Å². The molecule has 2 bridgehead atoms. The molecule has 4 rings (SSSR count). The van der Waals surface area contributed by atoms with Crippen LogP contribution in [0.1, 0.15) is 51.1 Å². The van der Waals surface area contributed by atoms with Crippen LogP contribution in [0.3, 0.4) is 0 Å². The zero-order chi connectivity index (χ0) is 21.5. The van der Waals surface area contributed by atoms with Crippen molar-refractivity contribution in [3.05, 3.63) is 28.2 Å². The fraction of sp³-hybridized carbons (Fsp3) is 0.714. The van der Waals surface area contributed by atoms with Gasteiger partial charge in [0.05, 0.1) is 11.4 Å². The van der Waals surface area contributed by atoms with Crippen molar-refractivity contribution in [1.82, 2.24) is 14.4 Å². The summed E-state index contributed by atoms with van der Waals surface area (Å²) in [6.07, 6.45) is 3.46. The topological polar surface area (TPSA) is 91.7 Å². The van der Waals surface area contributed by atoms with Gasteiger partial charge in [0.15, 0.2) is 0 Å².